The Hall–Kier alpha value is -1.58. The van der Waals surface area contributed by atoms with Crippen molar-refractivity contribution in [2.24, 2.45) is 0 Å². The lowest BCUT2D eigenvalue weighted by molar-refractivity contribution is 0.112. The van der Waals surface area contributed by atoms with E-state index in [-0.39, 0.29) is 11.3 Å². The van der Waals surface area contributed by atoms with Crippen LogP contribution in [0.1, 0.15) is 10.4 Å². The molecular weight excluding hydrogens is 163 g/mol. The van der Waals surface area contributed by atoms with Crippen molar-refractivity contribution in [1.29, 1.82) is 0 Å². The molecule has 0 atom stereocenters. The van der Waals surface area contributed by atoms with E-state index in [1.165, 1.54) is 7.11 Å². The molecule has 0 saturated heterocycles. The summed E-state index contributed by atoms with van der Waals surface area (Å²) >= 11 is 0. The van der Waals surface area contributed by atoms with Gasteiger partial charge in [0.05, 0.1) is 12.7 Å². The molecule has 0 saturated carbocycles. The van der Waals surface area contributed by atoms with Crippen LogP contribution in [0.4, 0.5) is 4.39 Å². The van der Waals surface area contributed by atoms with Gasteiger partial charge in [-0.05, 0) is 6.07 Å². The van der Waals surface area contributed by atoms with E-state index in [4.69, 9.17) is 5.11 Å². The summed E-state index contributed by atoms with van der Waals surface area (Å²) in [5, 5.41) is 8.86. The number of aromatic hydroxyl groups is 1. The van der Waals surface area contributed by atoms with Crippen LogP contribution in [-0.4, -0.2) is 18.5 Å². The number of halogens is 1. The molecule has 0 bridgehead atoms. The van der Waals surface area contributed by atoms with E-state index >= 15 is 0 Å². The maximum absolute atomic E-state index is 12.6. The molecule has 1 aromatic carbocycles. The normalized spacial score (nSPS) is 9.50. The Morgan fingerprint density at radius 3 is 2.75 bits per heavy atom. The summed E-state index contributed by atoms with van der Waals surface area (Å²) in [4.78, 5) is 10.3. The molecule has 0 heterocycles. The van der Waals surface area contributed by atoms with Crippen molar-refractivity contribution < 1.29 is 19.0 Å². The van der Waals surface area contributed by atoms with Crippen LogP contribution in [0.25, 0.3) is 0 Å². The average Bonchev–Trinajstić information content (AvgIpc) is 2.09. The van der Waals surface area contributed by atoms with Gasteiger partial charge in [-0.2, -0.15) is 0 Å². The van der Waals surface area contributed by atoms with E-state index < -0.39 is 11.6 Å². The smallest absolute Gasteiger partial charge is 0.168 e. The number of benzene rings is 1. The van der Waals surface area contributed by atoms with Crippen LogP contribution in [0.3, 0.4) is 0 Å². The van der Waals surface area contributed by atoms with Crippen molar-refractivity contribution in [2.75, 3.05) is 7.11 Å². The molecule has 12 heavy (non-hydrogen) atoms. The average molecular weight is 170 g/mol. The number of phenols is 1. The number of carbonyl (C=O) groups is 1. The molecule has 0 spiro atoms. The van der Waals surface area contributed by atoms with Crippen LogP contribution in [0, 0.1) is 5.82 Å². The van der Waals surface area contributed by atoms with Gasteiger partial charge in [-0.15, -0.1) is 0 Å². The van der Waals surface area contributed by atoms with Crippen LogP contribution in [0.15, 0.2) is 12.1 Å². The van der Waals surface area contributed by atoms with Crippen molar-refractivity contribution in [3.8, 4) is 11.5 Å². The lowest BCUT2D eigenvalue weighted by Gasteiger charge is -2.03. The quantitative estimate of drug-likeness (QED) is 0.681. The van der Waals surface area contributed by atoms with Gasteiger partial charge < -0.3 is 9.84 Å². The molecule has 0 aliphatic carbocycles. The standard InChI is InChI=1S/C8H7FO3/c1-12-8-3-6(9)7(11)2-5(8)4-10/h2-4,11H,1H3. The van der Waals surface area contributed by atoms with Gasteiger partial charge in [-0.25, -0.2) is 4.39 Å². The lowest BCUT2D eigenvalue weighted by atomic mass is 10.2. The predicted molar refractivity (Wildman–Crippen MR) is 40.0 cm³/mol. The Balaban J connectivity index is 3.28. The van der Waals surface area contributed by atoms with Crippen LogP contribution in [-0.2, 0) is 0 Å². The largest absolute Gasteiger partial charge is 0.505 e. The minimum absolute atomic E-state index is 0.111. The number of hydrogen-bond acceptors (Lipinski definition) is 3. The van der Waals surface area contributed by atoms with Gasteiger partial charge in [-0.3, -0.25) is 4.79 Å². The van der Waals surface area contributed by atoms with Gasteiger partial charge in [0, 0.05) is 6.07 Å². The summed E-state index contributed by atoms with van der Waals surface area (Å²) in [5.74, 6) is -1.25. The highest BCUT2D eigenvalue weighted by atomic mass is 19.1. The summed E-state index contributed by atoms with van der Waals surface area (Å²) in [6.45, 7) is 0. The zero-order valence-electron chi connectivity index (χ0n) is 6.37. The highest BCUT2D eigenvalue weighted by Gasteiger charge is 2.08. The van der Waals surface area contributed by atoms with E-state index in [9.17, 15) is 9.18 Å². The van der Waals surface area contributed by atoms with Crippen LogP contribution in [0.5, 0.6) is 11.5 Å². The Bertz CT molecular complexity index is 309. The third kappa shape index (κ3) is 1.37. The predicted octanol–water partition coefficient (Wildman–Crippen LogP) is 1.35. The van der Waals surface area contributed by atoms with Gasteiger partial charge >= 0.3 is 0 Å². The number of rotatable bonds is 2. The molecule has 0 aliphatic heterocycles. The third-order valence-electron chi connectivity index (χ3n) is 1.43. The second-order valence-corrected chi connectivity index (χ2v) is 2.16. The molecule has 1 rings (SSSR count). The first-order chi connectivity index (χ1) is 5.69. The second-order valence-electron chi connectivity index (χ2n) is 2.16. The Morgan fingerprint density at radius 1 is 1.58 bits per heavy atom. The van der Waals surface area contributed by atoms with Gasteiger partial charge in [0.15, 0.2) is 17.9 Å². The summed E-state index contributed by atoms with van der Waals surface area (Å²) < 4.78 is 17.3. The van der Waals surface area contributed by atoms with E-state index in [0.717, 1.165) is 12.1 Å². The fourth-order valence-corrected chi connectivity index (χ4v) is 0.829. The van der Waals surface area contributed by atoms with Gasteiger partial charge in [0.25, 0.3) is 0 Å². The first-order valence-electron chi connectivity index (χ1n) is 3.20. The van der Waals surface area contributed by atoms with Gasteiger partial charge in [0.2, 0.25) is 0 Å². The Labute approximate surface area is 68.4 Å². The Kier molecular flexibility index (Phi) is 2.28. The third-order valence-corrected chi connectivity index (χ3v) is 1.43. The number of methoxy groups -OCH3 is 1. The zero-order chi connectivity index (χ0) is 9.14. The lowest BCUT2D eigenvalue weighted by Crippen LogP contribution is -1.91. The fraction of sp³-hybridized carbons (Fsp3) is 0.125. The Morgan fingerprint density at radius 2 is 2.25 bits per heavy atom. The van der Waals surface area contributed by atoms with E-state index in [1.54, 1.807) is 0 Å². The summed E-state index contributed by atoms with van der Waals surface area (Å²) in [6, 6.07) is 1.97. The molecule has 0 unspecified atom stereocenters. The molecule has 4 heteroatoms. The van der Waals surface area contributed by atoms with E-state index in [0.29, 0.717) is 6.29 Å². The van der Waals surface area contributed by atoms with Crippen molar-refractivity contribution in [1.82, 2.24) is 0 Å². The maximum Gasteiger partial charge on any atom is 0.168 e. The molecule has 3 nitrogen and oxygen atoms in total. The summed E-state index contributed by atoms with van der Waals surface area (Å²) in [7, 11) is 1.32. The van der Waals surface area contributed by atoms with Crippen molar-refractivity contribution in [2.45, 2.75) is 0 Å². The maximum atomic E-state index is 12.6. The number of hydrogen-bond donors (Lipinski definition) is 1. The molecule has 0 radical (unpaired) electrons. The van der Waals surface area contributed by atoms with Crippen molar-refractivity contribution >= 4 is 6.29 Å². The highest BCUT2D eigenvalue weighted by molar-refractivity contribution is 5.80. The highest BCUT2D eigenvalue weighted by Crippen LogP contribution is 2.25. The van der Waals surface area contributed by atoms with Crippen LogP contribution < -0.4 is 4.74 Å². The minimum Gasteiger partial charge on any atom is -0.505 e. The number of ether oxygens (including phenoxy) is 1. The summed E-state index contributed by atoms with van der Waals surface area (Å²) in [5.41, 5.74) is 0.122. The molecule has 0 aromatic heterocycles. The molecule has 1 aromatic rings. The van der Waals surface area contributed by atoms with Crippen molar-refractivity contribution in [3.63, 3.8) is 0 Å². The molecule has 64 valence electrons. The number of phenolic OH excluding ortho intramolecular Hbond substituents is 1. The minimum atomic E-state index is -0.808. The SMILES string of the molecule is COc1cc(F)c(O)cc1C=O. The topological polar surface area (TPSA) is 46.5 Å². The van der Waals surface area contributed by atoms with Crippen LogP contribution >= 0.6 is 0 Å². The van der Waals surface area contributed by atoms with Gasteiger partial charge in [0.1, 0.15) is 5.75 Å². The first kappa shape index (κ1) is 8.52. The van der Waals surface area contributed by atoms with E-state index in [2.05, 4.69) is 4.74 Å². The molecular formula is C8H7FO3. The molecule has 0 amide bonds. The molecule has 0 aliphatic rings. The fourth-order valence-electron chi connectivity index (χ4n) is 0.829. The second kappa shape index (κ2) is 3.21. The molecule has 0 fully saturated rings. The number of carbonyl (C=O) groups excluding carboxylic acids is 1. The summed E-state index contributed by atoms with van der Waals surface area (Å²) in [6.07, 6.45) is 0.484. The zero-order valence-corrected chi connectivity index (χ0v) is 6.37. The monoisotopic (exact) mass is 170 g/mol. The first-order valence-corrected chi connectivity index (χ1v) is 3.20. The van der Waals surface area contributed by atoms with Gasteiger partial charge in [-0.1, -0.05) is 0 Å². The molecule has 1 N–H and O–H groups in total. The van der Waals surface area contributed by atoms with Crippen LogP contribution in [0.2, 0.25) is 0 Å². The van der Waals surface area contributed by atoms with E-state index in [1.807, 2.05) is 0 Å². The van der Waals surface area contributed by atoms with Crippen molar-refractivity contribution in [3.05, 3.63) is 23.5 Å². The number of aldehydes is 1.